The van der Waals surface area contributed by atoms with Gasteiger partial charge in [0, 0.05) is 38.5 Å². The van der Waals surface area contributed by atoms with Crippen LogP contribution in [0.3, 0.4) is 0 Å². The third-order valence-corrected chi connectivity index (χ3v) is 4.96. The molecular weight excluding hydrogens is 260 g/mol. The van der Waals surface area contributed by atoms with Crippen LogP contribution in [-0.2, 0) is 17.7 Å². The fourth-order valence-electron chi connectivity index (χ4n) is 3.37. The topological polar surface area (TPSA) is 24.5 Å². The second kappa shape index (κ2) is 6.80. The van der Waals surface area contributed by atoms with Crippen molar-refractivity contribution in [3.8, 4) is 0 Å². The molecule has 3 nitrogen and oxygen atoms in total. The van der Waals surface area contributed by atoms with Gasteiger partial charge in [-0.1, -0.05) is 12.1 Å². The zero-order chi connectivity index (χ0) is 14.7. The highest BCUT2D eigenvalue weighted by atomic mass is 16.5. The van der Waals surface area contributed by atoms with Crippen molar-refractivity contribution >= 4 is 5.69 Å². The van der Waals surface area contributed by atoms with Gasteiger partial charge in [-0.05, 0) is 55.7 Å². The Morgan fingerprint density at radius 2 is 2.24 bits per heavy atom. The minimum atomic E-state index is 0.675. The molecule has 3 heteroatoms. The molecule has 1 heterocycles. The highest BCUT2D eigenvalue weighted by Gasteiger charge is 2.31. The first-order valence-corrected chi connectivity index (χ1v) is 8.36. The van der Waals surface area contributed by atoms with Crippen molar-refractivity contribution in [3.05, 3.63) is 29.3 Å². The molecule has 1 fully saturated rings. The van der Waals surface area contributed by atoms with Crippen molar-refractivity contribution in [1.82, 2.24) is 4.90 Å². The summed E-state index contributed by atoms with van der Waals surface area (Å²) in [6.45, 7) is 6.40. The van der Waals surface area contributed by atoms with Crippen LogP contribution in [0.2, 0.25) is 0 Å². The molecule has 0 radical (unpaired) electrons. The van der Waals surface area contributed by atoms with Gasteiger partial charge in [-0.2, -0.15) is 0 Å². The Balaban J connectivity index is 1.68. The second-order valence-electron chi connectivity index (χ2n) is 6.56. The van der Waals surface area contributed by atoms with Gasteiger partial charge in [0.2, 0.25) is 0 Å². The molecule has 1 N–H and O–H groups in total. The van der Waals surface area contributed by atoms with E-state index >= 15 is 0 Å². The van der Waals surface area contributed by atoms with E-state index in [0.29, 0.717) is 6.04 Å². The van der Waals surface area contributed by atoms with Crippen LogP contribution in [0, 0.1) is 5.92 Å². The van der Waals surface area contributed by atoms with Crippen molar-refractivity contribution in [1.29, 1.82) is 0 Å². The van der Waals surface area contributed by atoms with Gasteiger partial charge in [0.15, 0.2) is 0 Å². The molecule has 0 amide bonds. The summed E-state index contributed by atoms with van der Waals surface area (Å²) >= 11 is 0. The van der Waals surface area contributed by atoms with Crippen LogP contribution in [-0.4, -0.2) is 37.7 Å². The van der Waals surface area contributed by atoms with E-state index in [9.17, 15) is 0 Å². The summed E-state index contributed by atoms with van der Waals surface area (Å²) in [4.78, 5) is 2.60. The zero-order valence-electron chi connectivity index (χ0n) is 13.4. The van der Waals surface area contributed by atoms with Crippen molar-refractivity contribution in [3.63, 3.8) is 0 Å². The van der Waals surface area contributed by atoms with Crippen molar-refractivity contribution in [2.24, 2.45) is 5.92 Å². The van der Waals surface area contributed by atoms with Gasteiger partial charge >= 0.3 is 0 Å². The van der Waals surface area contributed by atoms with Crippen molar-refractivity contribution < 1.29 is 4.74 Å². The van der Waals surface area contributed by atoms with Gasteiger partial charge in [-0.15, -0.1) is 0 Å². The van der Waals surface area contributed by atoms with E-state index in [4.69, 9.17) is 4.74 Å². The molecule has 116 valence electrons. The summed E-state index contributed by atoms with van der Waals surface area (Å²) in [5, 5.41) is 3.49. The standard InChI is InChI=1S/C18H28N2O/c1-14(16-6-7-16)20(10-11-21-2)13-15-5-8-18-17(12-15)4-3-9-19-18/h5,8,12,14,16,19H,3-4,6-7,9-11,13H2,1-2H3. The number of rotatable bonds is 7. The van der Waals surface area contributed by atoms with E-state index in [1.807, 2.05) is 0 Å². The third kappa shape index (κ3) is 3.78. The SMILES string of the molecule is COCCN(Cc1ccc2c(c1)CCCN2)C(C)C1CC1. The van der Waals surface area contributed by atoms with Gasteiger partial charge in [0.1, 0.15) is 0 Å². The minimum absolute atomic E-state index is 0.675. The summed E-state index contributed by atoms with van der Waals surface area (Å²) in [7, 11) is 1.80. The molecule has 3 rings (SSSR count). The van der Waals surface area contributed by atoms with Crippen LogP contribution < -0.4 is 5.32 Å². The van der Waals surface area contributed by atoms with Gasteiger partial charge in [-0.3, -0.25) is 4.90 Å². The zero-order valence-corrected chi connectivity index (χ0v) is 13.4. The summed E-state index contributed by atoms with van der Waals surface area (Å²) < 4.78 is 5.30. The van der Waals surface area contributed by atoms with Gasteiger partial charge in [0.25, 0.3) is 0 Å². The second-order valence-corrected chi connectivity index (χ2v) is 6.56. The van der Waals surface area contributed by atoms with Crippen molar-refractivity contribution in [2.45, 2.75) is 45.2 Å². The van der Waals surface area contributed by atoms with Crippen LogP contribution in [0.5, 0.6) is 0 Å². The Hall–Kier alpha value is -1.06. The van der Waals surface area contributed by atoms with Gasteiger partial charge in [-0.25, -0.2) is 0 Å². The molecule has 21 heavy (non-hydrogen) atoms. The number of methoxy groups -OCH3 is 1. The molecule has 1 saturated carbocycles. The maximum absolute atomic E-state index is 5.30. The third-order valence-electron chi connectivity index (χ3n) is 4.96. The first kappa shape index (κ1) is 14.9. The predicted octanol–water partition coefficient (Wildman–Crippen LogP) is 3.29. The van der Waals surface area contributed by atoms with Crippen LogP contribution in [0.15, 0.2) is 18.2 Å². The first-order chi connectivity index (χ1) is 10.3. The number of benzene rings is 1. The molecule has 1 aromatic rings. The molecule has 1 unspecified atom stereocenters. The van der Waals surface area contributed by atoms with Gasteiger partial charge in [0.05, 0.1) is 6.61 Å². The summed E-state index contributed by atoms with van der Waals surface area (Å²) in [6.07, 6.45) is 5.27. The van der Waals surface area contributed by atoms with E-state index in [2.05, 4.69) is 35.3 Å². The quantitative estimate of drug-likeness (QED) is 0.833. The highest BCUT2D eigenvalue weighted by Crippen LogP contribution is 2.35. The lowest BCUT2D eigenvalue weighted by molar-refractivity contribution is 0.111. The van der Waals surface area contributed by atoms with E-state index in [1.165, 1.54) is 42.5 Å². The van der Waals surface area contributed by atoms with E-state index in [-0.39, 0.29) is 0 Å². The first-order valence-electron chi connectivity index (χ1n) is 8.36. The van der Waals surface area contributed by atoms with Gasteiger partial charge < -0.3 is 10.1 Å². The average molecular weight is 288 g/mol. The predicted molar refractivity (Wildman–Crippen MR) is 87.7 cm³/mol. The van der Waals surface area contributed by atoms with Crippen molar-refractivity contribution in [2.75, 3.05) is 32.1 Å². The Morgan fingerprint density at radius 3 is 3.00 bits per heavy atom. The molecule has 2 aliphatic rings. The molecule has 0 aromatic heterocycles. The smallest absolute Gasteiger partial charge is 0.0589 e. The molecule has 0 bridgehead atoms. The van der Waals surface area contributed by atoms with Crippen LogP contribution in [0.4, 0.5) is 5.69 Å². The number of nitrogens with one attached hydrogen (secondary N) is 1. The van der Waals surface area contributed by atoms with Crippen LogP contribution in [0.25, 0.3) is 0 Å². The van der Waals surface area contributed by atoms with E-state index in [0.717, 1.165) is 32.2 Å². The lowest BCUT2D eigenvalue weighted by Crippen LogP contribution is -2.36. The highest BCUT2D eigenvalue weighted by molar-refractivity contribution is 5.54. The molecule has 1 aliphatic carbocycles. The summed E-state index contributed by atoms with van der Waals surface area (Å²) in [6, 6.07) is 7.63. The molecule has 1 aliphatic heterocycles. The largest absolute Gasteiger partial charge is 0.385 e. The Labute approximate surface area is 128 Å². The average Bonchev–Trinajstić information content (AvgIpc) is 3.35. The molecule has 1 atom stereocenters. The Kier molecular flexibility index (Phi) is 4.81. The molecular formula is C18H28N2O. The number of ether oxygens (including phenoxy) is 1. The number of aryl methyl sites for hydroxylation is 1. The molecule has 0 spiro atoms. The number of fused-ring (bicyclic) bond motifs is 1. The van der Waals surface area contributed by atoms with Crippen LogP contribution >= 0.6 is 0 Å². The monoisotopic (exact) mass is 288 g/mol. The van der Waals surface area contributed by atoms with E-state index in [1.54, 1.807) is 7.11 Å². The normalized spacial score (nSPS) is 19.2. The number of anilines is 1. The number of hydrogen-bond acceptors (Lipinski definition) is 3. The summed E-state index contributed by atoms with van der Waals surface area (Å²) in [5.74, 6) is 0.904. The Bertz CT molecular complexity index is 470. The van der Waals surface area contributed by atoms with Crippen LogP contribution in [0.1, 0.15) is 37.3 Å². The maximum Gasteiger partial charge on any atom is 0.0589 e. The minimum Gasteiger partial charge on any atom is -0.385 e. The maximum atomic E-state index is 5.30. The lowest BCUT2D eigenvalue weighted by atomic mass is 10.00. The molecule has 0 saturated heterocycles. The number of hydrogen-bond donors (Lipinski definition) is 1. The summed E-state index contributed by atoms with van der Waals surface area (Å²) in [5.41, 5.74) is 4.27. The fourth-order valence-corrected chi connectivity index (χ4v) is 3.37. The Morgan fingerprint density at radius 1 is 1.38 bits per heavy atom. The number of nitrogens with zero attached hydrogens (tertiary/aromatic N) is 1. The lowest BCUT2D eigenvalue weighted by Gasteiger charge is -2.29. The van der Waals surface area contributed by atoms with E-state index < -0.39 is 0 Å². The molecule has 1 aromatic carbocycles. The fraction of sp³-hybridized carbons (Fsp3) is 0.667.